The zero-order valence-corrected chi connectivity index (χ0v) is 12.4. The Hall–Kier alpha value is -2.11. The fourth-order valence-electron chi connectivity index (χ4n) is 2.68. The molecule has 114 valence electrons. The Balaban J connectivity index is 1.93. The van der Waals surface area contributed by atoms with Crippen LogP contribution >= 0.6 is 0 Å². The number of pyridine rings is 1. The minimum atomic E-state index is -0.829. The number of aryl methyl sites for hydroxylation is 1. The lowest BCUT2D eigenvalue weighted by molar-refractivity contribution is -0.143. The van der Waals surface area contributed by atoms with Crippen LogP contribution in [0.15, 0.2) is 18.5 Å². The van der Waals surface area contributed by atoms with E-state index in [4.69, 9.17) is 5.11 Å². The second kappa shape index (κ2) is 6.56. The van der Waals surface area contributed by atoms with E-state index >= 15 is 0 Å². The molecule has 0 spiro atoms. The van der Waals surface area contributed by atoms with E-state index < -0.39 is 11.9 Å². The number of nitrogens with one attached hydrogen (secondary N) is 1. The summed E-state index contributed by atoms with van der Waals surface area (Å²) in [6.07, 6.45) is 4.07. The summed E-state index contributed by atoms with van der Waals surface area (Å²) in [6.45, 7) is 5.22. The Morgan fingerprint density at radius 1 is 1.48 bits per heavy atom. The predicted octanol–water partition coefficient (Wildman–Crippen LogP) is 1.64. The Morgan fingerprint density at radius 2 is 2.24 bits per heavy atom. The lowest BCUT2D eigenvalue weighted by atomic mass is 9.91. The number of urea groups is 1. The number of amides is 2. The fourth-order valence-corrected chi connectivity index (χ4v) is 2.68. The van der Waals surface area contributed by atoms with Crippen molar-refractivity contribution in [3.05, 3.63) is 29.6 Å². The van der Waals surface area contributed by atoms with Gasteiger partial charge in [-0.1, -0.05) is 6.92 Å². The van der Waals surface area contributed by atoms with Crippen LogP contribution in [0.1, 0.15) is 24.5 Å². The molecule has 2 N–H and O–H groups in total. The van der Waals surface area contributed by atoms with Crippen LogP contribution in [0, 0.1) is 18.8 Å². The van der Waals surface area contributed by atoms with Crippen LogP contribution < -0.4 is 5.32 Å². The van der Waals surface area contributed by atoms with Crippen molar-refractivity contribution in [3.8, 4) is 0 Å². The van der Waals surface area contributed by atoms with Gasteiger partial charge in [-0.3, -0.25) is 9.78 Å². The van der Waals surface area contributed by atoms with E-state index in [1.807, 2.05) is 19.9 Å². The van der Waals surface area contributed by atoms with E-state index in [9.17, 15) is 9.59 Å². The van der Waals surface area contributed by atoms with Crippen molar-refractivity contribution in [2.24, 2.45) is 11.8 Å². The second-order valence-electron chi connectivity index (χ2n) is 5.74. The van der Waals surface area contributed by atoms with Crippen LogP contribution in [0.2, 0.25) is 0 Å². The number of aromatic nitrogens is 1. The van der Waals surface area contributed by atoms with Crippen molar-refractivity contribution in [3.63, 3.8) is 0 Å². The van der Waals surface area contributed by atoms with Gasteiger partial charge < -0.3 is 15.3 Å². The Labute approximate surface area is 124 Å². The van der Waals surface area contributed by atoms with E-state index in [1.165, 1.54) is 0 Å². The van der Waals surface area contributed by atoms with Crippen molar-refractivity contribution in [1.29, 1.82) is 0 Å². The van der Waals surface area contributed by atoms with Crippen molar-refractivity contribution in [2.45, 2.75) is 26.8 Å². The summed E-state index contributed by atoms with van der Waals surface area (Å²) in [5, 5.41) is 12.0. The lowest BCUT2D eigenvalue weighted by Crippen LogP contribution is -2.49. The van der Waals surface area contributed by atoms with Gasteiger partial charge in [0.05, 0.1) is 5.92 Å². The van der Waals surface area contributed by atoms with Crippen molar-refractivity contribution >= 4 is 12.0 Å². The molecule has 2 unspecified atom stereocenters. The molecule has 1 fully saturated rings. The summed E-state index contributed by atoms with van der Waals surface area (Å²) in [4.78, 5) is 28.9. The zero-order chi connectivity index (χ0) is 15.4. The molecule has 0 aromatic carbocycles. The summed E-state index contributed by atoms with van der Waals surface area (Å²) in [5.74, 6) is -1.10. The number of carbonyl (C=O) groups is 2. The SMILES string of the molecule is Cc1cnccc1CNC(=O)N1CC(C)CC(C(=O)O)C1. The van der Waals surface area contributed by atoms with Gasteiger partial charge in [0.15, 0.2) is 0 Å². The highest BCUT2D eigenvalue weighted by Gasteiger charge is 2.31. The molecule has 1 aromatic rings. The molecule has 1 saturated heterocycles. The monoisotopic (exact) mass is 291 g/mol. The zero-order valence-electron chi connectivity index (χ0n) is 12.4. The molecular weight excluding hydrogens is 270 g/mol. The third-order valence-corrected chi connectivity index (χ3v) is 3.86. The van der Waals surface area contributed by atoms with Crippen LogP contribution in [0.3, 0.4) is 0 Å². The molecule has 0 bridgehead atoms. The van der Waals surface area contributed by atoms with Gasteiger partial charge in [0, 0.05) is 32.0 Å². The average molecular weight is 291 g/mol. The number of hydrogen-bond acceptors (Lipinski definition) is 3. The number of likely N-dealkylation sites (tertiary alicyclic amines) is 1. The van der Waals surface area contributed by atoms with Gasteiger partial charge >= 0.3 is 12.0 Å². The molecule has 1 aliphatic heterocycles. The Morgan fingerprint density at radius 3 is 2.90 bits per heavy atom. The first-order valence-corrected chi connectivity index (χ1v) is 7.12. The predicted molar refractivity (Wildman–Crippen MR) is 77.7 cm³/mol. The number of carboxylic acids is 1. The molecule has 2 rings (SSSR count). The number of carboxylic acid groups (broad SMARTS) is 1. The van der Waals surface area contributed by atoms with Crippen LogP contribution in [-0.2, 0) is 11.3 Å². The van der Waals surface area contributed by atoms with Gasteiger partial charge in [-0.2, -0.15) is 0 Å². The smallest absolute Gasteiger partial charge is 0.317 e. The molecule has 0 aliphatic carbocycles. The summed E-state index contributed by atoms with van der Waals surface area (Å²) < 4.78 is 0. The van der Waals surface area contributed by atoms with Crippen LogP contribution in [-0.4, -0.2) is 40.1 Å². The van der Waals surface area contributed by atoms with Crippen molar-refractivity contribution in [2.75, 3.05) is 13.1 Å². The molecule has 21 heavy (non-hydrogen) atoms. The van der Waals surface area contributed by atoms with Crippen molar-refractivity contribution < 1.29 is 14.7 Å². The first kappa shape index (κ1) is 15.3. The maximum absolute atomic E-state index is 12.2. The van der Waals surface area contributed by atoms with Crippen LogP contribution in [0.25, 0.3) is 0 Å². The molecule has 1 aromatic heterocycles. The number of nitrogens with zero attached hydrogens (tertiary/aromatic N) is 2. The topological polar surface area (TPSA) is 82.5 Å². The highest BCUT2D eigenvalue weighted by molar-refractivity contribution is 5.76. The summed E-state index contributed by atoms with van der Waals surface area (Å²) in [6, 6.07) is 1.66. The molecule has 0 saturated carbocycles. The highest BCUT2D eigenvalue weighted by atomic mass is 16.4. The molecule has 0 radical (unpaired) electrons. The van der Waals surface area contributed by atoms with Gasteiger partial charge in [-0.15, -0.1) is 0 Å². The first-order valence-electron chi connectivity index (χ1n) is 7.12. The van der Waals surface area contributed by atoms with E-state index in [0.717, 1.165) is 11.1 Å². The molecular formula is C15H21N3O3. The third kappa shape index (κ3) is 3.93. The molecule has 2 atom stereocenters. The number of piperidine rings is 1. The van der Waals surface area contributed by atoms with Gasteiger partial charge in [-0.05, 0) is 36.5 Å². The average Bonchev–Trinajstić information content (AvgIpc) is 2.45. The van der Waals surface area contributed by atoms with E-state index in [2.05, 4.69) is 10.3 Å². The maximum Gasteiger partial charge on any atom is 0.317 e. The van der Waals surface area contributed by atoms with E-state index in [-0.39, 0.29) is 18.5 Å². The largest absolute Gasteiger partial charge is 0.481 e. The number of hydrogen-bond donors (Lipinski definition) is 2. The number of carbonyl (C=O) groups excluding carboxylic acids is 1. The summed E-state index contributed by atoms with van der Waals surface area (Å²) >= 11 is 0. The molecule has 2 heterocycles. The van der Waals surface area contributed by atoms with Gasteiger partial charge in [0.2, 0.25) is 0 Å². The second-order valence-corrected chi connectivity index (χ2v) is 5.74. The van der Waals surface area contributed by atoms with Crippen molar-refractivity contribution in [1.82, 2.24) is 15.2 Å². The normalized spacial score (nSPS) is 21.9. The molecule has 6 heteroatoms. The number of rotatable bonds is 3. The highest BCUT2D eigenvalue weighted by Crippen LogP contribution is 2.21. The molecule has 2 amide bonds. The maximum atomic E-state index is 12.2. The Kier molecular flexibility index (Phi) is 4.77. The lowest BCUT2D eigenvalue weighted by Gasteiger charge is -2.34. The minimum absolute atomic E-state index is 0.202. The number of aliphatic carboxylic acids is 1. The Bertz CT molecular complexity index is 533. The standard InChI is InChI=1S/C15H21N3O3/c1-10-5-13(14(19)20)9-18(8-10)15(21)17-7-12-3-4-16-6-11(12)2/h3-4,6,10,13H,5,7-9H2,1-2H3,(H,17,21)(H,19,20). The van der Waals surface area contributed by atoms with E-state index in [0.29, 0.717) is 19.5 Å². The van der Waals surface area contributed by atoms with Gasteiger partial charge in [-0.25, -0.2) is 4.79 Å². The summed E-state index contributed by atoms with van der Waals surface area (Å²) in [7, 11) is 0. The third-order valence-electron chi connectivity index (χ3n) is 3.86. The molecule has 6 nitrogen and oxygen atoms in total. The minimum Gasteiger partial charge on any atom is -0.481 e. The van der Waals surface area contributed by atoms with Gasteiger partial charge in [0.1, 0.15) is 0 Å². The van der Waals surface area contributed by atoms with Crippen LogP contribution in [0.4, 0.5) is 4.79 Å². The van der Waals surface area contributed by atoms with E-state index in [1.54, 1.807) is 17.3 Å². The fraction of sp³-hybridized carbons (Fsp3) is 0.533. The summed E-state index contributed by atoms with van der Waals surface area (Å²) in [5.41, 5.74) is 2.03. The quantitative estimate of drug-likeness (QED) is 0.887. The first-order chi connectivity index (χ1) is 9.97. The molecule has 1 aliphatic rings. The van der Waals surface area contributed by atoms with Gasteiger partial charge in [0.25, 0.3) is 0 Å². The van der Waals surface area contributed by atoms with Crippen LogP contribution in [0.5, 0.6) is 0 Å².